The van der Waals surface area contributed by atoms with Gasteiger partial charge in [-0.2, -0.15) is 0 Å². The van der Waals surface area contributed by atoms with Gasteiger partial charge in [-0.25, -0.2) is 0 Å². The summed E-state index contributed by atoms with van der Waals surface area (Å²) in [6.45, 7) is 6.05. The van der Waals surface area contributed by atoms with Gasteiger partial charge in [0.25, 0.3) is 5.91 Å². The molecule has 21 heavy (non-hydrogen) atoms. The molecule has 4 heteroatoms. The first kappa shape index (κ1) is 17.2. The lowest BCUT2D eigenvalue weighted by Gasteiger charge is -2.14. The highest BCUT2D eigenvalue weighted by Gasteiger charge is 2.11. The van der Waals surface area contributed by atoms with Gasteiger partial charge < -0.3 is 10.6 Å². The van der Waals surface area contributed by atoms with Gasteiger partial charge in [-0.15, -0.1) is 0 Å². The van der Waals surface area contributed by atoms with Crippen LogP contribution in [0.3, 0.4) is 0 Å². The Labute approximate surface area is 127 Å². The molecule has 0 spiro atoms. The second-order valence-electron chi connectivity index (χ2n) is 5.46. The minimum atomic E-state index is -0.207. The molecule has 2 amide bonds. The van der Waals surface area contributed by atoms with Crippen LogP contribution in [-0.2, 0) is 4.79 Å². The summed E-state index contributed by atoms with van der Waals surface area (Å²) in [5.41, 5.74) is 1.52. The van der Waals surface area contributed by atoms with Crippen LogP contribution in [0.1, 0.15) is 55.5 Å². The second kappa shape index (κ2) is 9.16. The van der Waals surface area contributed by atoms with Gasteiger partial charge in [0.05, 0.1) is 6.54 Å². The Morgan fingerprint density at radius 2 is 1.90 bits per heavy atom. The highest BCUT2D eigenvalue weighted by molar-refractivity contribution is 5.97. The Bertz CT molecular complexity index is 472. The molecule has 2 N–H and O–H groups in total. The van der Waals surface area contributed by atoms with Crippen LogP contribution in [0.4, 0.5) is 0 Å². The summed E-state index contributed by atoms with van der Waals surface area (Å²) in [5.74, 6) is -0.345. The van der Waals surface area contributed by atoms with Gasteiger partial charge in [0.2, 0.25) is 5.91 Å². The minimum Gasteiger partial charge on any atom is -0.352 e. The molecule has 1 atom stereocenters. The smallest absolute Gasteiger partial charge is 0.251 e. The van der Waals surface area contributed by atoms with Gasteiger partial charge in [-0.05, 0) is 31.9 Å². The molecule has 0 saturated carbocycles. The number of benzene rings is 1. The van der Waals surface area contributed by atoms with E-state index in [-0.39, 0.29) is 24.4 Å². The molecule has 0 heterocycles. The number of hydrogen-bond donors (Lipinski definition) is 2. The zero-order chi connectivity index (χ0) is 15.7. The summed E-state index contributed by atoms with van der Waals surface area (Å²) in [6.07, 6.45) is 4.45. The third-order valence-electron chi connectivity index (χ3n) is 3.45. The van der Waals surface area contributed by atoms with Gasteiger partial charge in [0.1, 0.15) is 0 Å². The molecule has 0 aliphatic carbocycles. The summed E-state index contributed by atoms with van der Waals surface area (Å²) in [4.78, 5) is 23.8. The van der Waals surface area contributed by atoms with Crippen LogP contribution in [0.25, 0.3) is 0 Å². The first-order valence-electron chi connectivity index (χ1n) is 7.67. The molecule has 0 aromatic heterocycles. The molecule has 1 rings (SSSR count). The first-order chi connectivity index (χ1) is 10.0. The van der Waals surface area contributed by atoms with Crippen molar-refractivity contribution in [2.75, 3.05) is 6.54 Å². The fourth-order valence-electron chi connectivity index (χ4n) is 2.18. The van der Waals surface area contributed by atoms with Crippen LogP contribution < -0.4 is 10.6 Å². The minimum absolute atomic E-state index is 0.0191. The maximum absolute atomic E-state index is 12.0. The van der Waals surface area contributed by atoms with Gasteiger partial charge in [0, 0.05) is 11.6 Å². The Hall–Kier alpha value is -1.84. The molecule has 0 saturated heterocycles. The first-order valence-corrected chi connectivity index (χ1v) is 7.67. The molecule has 0 radical (unpaired) electrons. The third-order valence-corrected chi connectivity index (χ3v) is 3.45. The molecule has 0 bridgehead atoms. The number of carbonyl (C=O) groups excluding carboxylic acids is 2. The van der Waals surface area contributed by atoms with Crippen LogP contribution in [0.2, 0.25) is 0 Å². The Balaban J connectivity index is 2.33. The van der Waals surface area contributed by atoms with Crippen molar-refractivity contribution in [3.63, 3.8) is 0 Å². The van der Waals surface area contributed by atoms with E-state index in [0.29, 0.717) is 5.56 Å². The average molecular weight is 290 g/mol. The predicted molar refractivity (Wildman–Crippen MR) is 85.3 cm³/mol. The number of nitrogens with one attached hydrogen (secondary N) is 2. The zero-order valence-corrected chi connectivity index (χ0v) is 13.2. The van der Waals surface area contributed by atoms with E-state index < -0.39 is 0 Å². The number of rotatable bonds is 8. The zero-order valence-electron chi connectivity index (χ0n) is 13.2. The largest absolute Gasteiger partial charge is 0.352 e. The molecule has 0 fully saturated rings. The molecule has 1 unspecified atom stereocenters. The lowest BCUT2D eigenvalue weighted by Crippen LogP contribution is -2.41. The van der Waals surface area contributed by atoms with Crippen molar-refractivity contribution < 1.29 is 9.59 Å². The van der Waals surface area contributed by atoms with Crippen molar-refractivity contribution in [2.24, 2.45) is 0 Å². The molecular weight excluding hydrogens is 264 g/mol. The van der Waals surface area contributed by atoms with Crippen molar-refractivity contribution in [3.8, 4) is 0 Å². The SMILES string of the molecule is CCCCCC(C)NC(=O)CNC(=O)c1ccccc1C. The normalized spacial score (nSPS) is 11.8. The lowest BCUT2D eigenvalue weighted by molar-refractivity contribution is -0.120. The molecule has 0 aliphatic rings. The topological polar surface area (TPSA) is 58.2 Å². The summed E-state index contributed by atoms with van der Waals surface area (Å²) >= 11 is 0. The molecule has 116 valence electrons. The van der Waals surface area contributed by atoms with Crippen molar-refractivity contribution in [1.29, 1.82) is 0 Å². The van der Waals surface area contributed by atoms with Crippen LogP contribution in [0, 0.1) is 6.92 Å². The highest BCUT2D eigenvalue weighted by Crippen LogP contribution is 2.06. The van der Waals surface area contributed by atoms with Crippen LogP contribution in [-0.4, -0.2) is 24.4 Å². The summed E-state index contributed by atoms with van der Waals surface area (Å²) < 4.78 is 0. The maximum Gasteiger partial charge on any atom is 0.251 e. The van der Waals surface area contributed by atoms with Gasteiger partial charge >= 0.3 is 0 Å². The average Bonchev–Trinajstić information content (AvgIpc) is 2.45. The van der Waals surface area contributed by atoms with E-state index in [9.17, 15) is 9.59 Å². The second-order valence-corrected chi connectivity index (χ2v) is 5.46. The number of hydrogen-bond acceptors (Lipinski definition) is 2. The number of aryl methyl sites for hydroxylation is 1. The van der Waals surface area contributed by atoms with Gasteiger partial charge in [-0.1, -0.05) is 44.4 Å². The predicted octanol–water partition coefficient (Wildman–Crippen LogP) is 2.81. The molecule has 4 nitrogen and oxygen atoms in total. The van der Waals surface area contributed by atoms with Gasteiger partial charge in [-0.3, -0.25) is 9.59 Å². The van der Waals surface area contributed by atoms with Crippen molar-refractivity contribution in [1.82, 2.24) is 10.6 Å². The van der Waals surface area contributed by atoms with Gasteiger partial charge in [0.15, 0.2) is 0 Å². The fraction of sp³-hybridized carbons (Fsp3) is 0.529. The lowest BCUT2D eigenvalue weighted by atomic mass is 10.1. The quantitative estimate of drug-likeness (QED) is 0.723. The van der Waals surface area contributed by atoms with Crippen molar-refractivity contribution >= 4 is 11.8 Å². The highest BCUT2D eigenvalue weighted by atomic mass is 16.2. The Morgan fingerprint density at radius 1 is 1.19 bits per heavy atom. The number of amides is 2. The molecule has 1 aromatic rings. The fourth-order valence-corrected chi connectivity index (χ4v) is 2.18. The number of carbonyl (C=O) groups is 2. The van der Waals surface area contributed by atoms with E-state index in [2.05, 4.69) is 17.6 Å². The standard InChI is InChI=1S/C17H26N2O2/c1-4-5-6-10-14(3)19-16(20)12-18-17(21)15-11-8-7-9-13(15)2/h7-9,11,14H,4-6,10,12H2,1-3H3,(H,18,21)(H,19,20). The summed E-state index contributed by atoms with van der Waals surface area (Å²) in [7, 11) is 0. The Morgan fingerprint density at radius 3 is 2.57 bits per heavy atom. The number of unbranched alkanes of at least 4 members (excludes halogenated alkanes) is 2. The summed E-state index contributed by atoms with van der Waals surface area (Å²) in [5, 5.41) is 5.57. The van der Waals surface area contributed by atoms with E-state index >= 15 is 0 Å². The van der Waals surface area contributed by atoms with Crippen molar-refractivity contribution in [3.05, 3.63) is 35.4 Å². The van der Waals surface area contributed by atoms with E-state index in [1.54, 1.807) is 6.07 Å². The van der Waals surface area contributed by atoms with Crippen LogP contribution in [0.5, 0.6) is 0 Å². The Kier molecular flexibility index (Phi) is 7.51. The van der Waals surface area contributed by atoms with E-state index in [0.717, 1.165) is 18.4 Å². The monoisotopic (exact) mass is 290 g/mol. The molecule has 1 aromatic carbocycles. The molecular formula is C17H26N2O2. The summed E-state index contributed by atoms with van der Waals surface area (Å²) in [6, 6.07) is 7.49. The maximum atomic E-state index is 12.0. The van der Waals surface area contributed by atoms with E-state index in [1.807, 2.05) is 32.0 Å². The van der Waals surface area contributed by atoms with Crippen LogP contribution in [0.15, 0.2) is 24.3 Å². The van der Waals surface area contributed by atoms with Crippen LogP contribution >= 0.6 is 0 Å². The molecule has 0 aliphatic heterocycles. The third kappa shape index (κ3) is 6.43. The van der Waals surface area contributed by atoms with Crippen molar-refractivity contribution in [2.45, 2.75) is 52.5 Å². The van der Waals surface area contributed by atoms with E-state index in [4.69, 9.17) is 0 Å². The van der Waals surface area contributed by atoms with E-state index in [1.165, 1.54) is 12.8 Å².